The number of aromatic nitrogens is 1. The van der Waals surface area contributed by atoms with E-state index in [0.717, 1.165) is 22.5 Å². The predicted octanol–water partition coefficient (Wildman–Crippen LogP) is 4.39. The van der Waals surface area contributed by atoms with E-state index < -0.39 is 6.09 Å². The molecule has 0 radical (unpaired) electrons. The third-order valence-corrected chi connectivity index (χ3v) is 4.82. The standard InChI is InChI=1S/C24H26N2O4/c1-18-15-22(23(27)29-16-20-9-5-3-6-10-20)19(2)26(18)14-13-25-24(28)30-17-21-11-7-4-8-12-21/h3-12,15H,13-14,16-17H2,1-2H3,(H,25,28). The van der Waals surface area contributed by atoms with Gasteiger partial charge in [-0.05, 0) is 31.0 Å². The van der Waals surface area contributed by atoms with Crippen molar-refractivity contribution in [2.75, 3.05) is 6.54 Å². The van der Waals surface area contributed by atoms with Gasteiger partial charge < -0.3 is 19.4 Å². The second kappa shape index (κ2) is 10.3. The molecule has 0 fully saturated rings. The fourth-order valence-corrected chi connectivity index (χ4v) is 3.20. The van der Waals surface area contributed by atoms with Crippen molar-refractivity contribution in [2.45, 2.75) is 33.6 Å². The third kappa shape index (κ3) is 5.73. The number of esters is 1. The lowest BCUT2D eigenvalue weighted by Crippen LogP contribution is -2.28. The molecule has 3 rings (SSSR count). The van der Waals surface area contributed by atoms with E-state index in [1.807, 2.05) is 85.1 Å². The van der Waals surface area contributed by atoms with Crippen molar-refractivity contribution < 1.29 is 19.1 Å². The van der Waals surface area contributed by atoms with Crippen LogP contribution in [0.15, 0.2) is 66.7 Å². The molecule has 3 aromatic rings. The number of benzene rings is 2. The quantitative estimate of drug-likeness (QED) is 0.564. The van der Waals surface area contributed by atoms with Crippen LogP contribution in [0.1, 0.15) is 32.9 Å². The lowest BCUT2D eigenvalue weighted by Gasteiger charge is -2.11. The fourth-order valence-electron chi connectivity index (χ4n) is 3.20. The molecule has 0 atom stereocenters. The zero-order valence-corrected chi connectivity index (χ0v) is 17.3. The van der Waals surface area contributed by atoms with Crippen LogP contribution < -0.4 is 5.32 Å². The molecule has 1 amide bonds. The Morgan fingerprint density at radius 3 is 2.03 bits per heavy atom. The molecule has 1 heterocycles. The lowest BCUT2D eigenvalue weighted by atomic mass is 10.2. The summed E-state index contributed by atoms with van der Waals surface area (Å²) < 4.78 is 12.6. The van der Waals surface area contributed by atoms with Crippen LogP contribution in [-0.2, 0) is 29.2 Å². The molecule has 6 heteroatoms. The van der Waals surface area contributed by atoms with Crippen LogP contribution in [0.25, 0.3) is 0 Å². The molecule has 0 aliphatic rings. The number of nitrogens with zero attached hydrogens (tertiary/aromatic N) is 1. The van der Waals surface area contributed by atoms with Gasteiger partial charge in [0.2, 0.25) is 0 Å². The minimum atomic E-state index is -0.469. The normalized spacial score (nSPS) is 10.5. The summed E-state index contributed by atoms with van der Waals surface area (Å²) in [6, 6.07) is 20.9. The minimum Gasteiger partial charge on any atom is -0.457 e. The van der Waals surface area contributed by atoms with E-state index in [2.05, 4.69) is 5.32 Å². The largest absolute Gasteiger partial charge is 0.457 e. The number of rotatable bonds is 8. The number of carbonyl (C=O) groups is 2. The second-order valence-corrected chi connectivity index (χ2v) is 6.99. The van der Waals surface area contributed by atoms with Crippen molar-refractivity contribution in [2.24, 2.45) is 0 Å². The van der Waals surface area contributed by atoms with Crippen LogP contribution >= 0.6 is 0 Å². The molecule has 6 nitrogen and oxygen atoms in total. The van der Waals surface area contributed by atoms with Crippen molar-refractivity contribution in [1.82, 2.24) is 9.88 Å². The molecule has 0 aliphatic carbocycles. The first-order chi connectivity index (χ1) is 14.5. The Morgan fingerprint density at radius 1 is 0.867 bits per heavy atom. The first-order valence-corrected chi connectivity index (χ1v) is 9.87. The summed E-state index contributed by atoms with van der Waals surface area (Å²) in [7, 11) is 0. The summed E-state index contributed by atoms with van der Waals surface area (Å²) in [4.78, 5) is 24.4. The number of hydrogen-bond acceptors (Lipinski definition) is 4. The highest BCUT2D eigenvalue weighted by Gasteiger charge is 2.17. The molecule has 0 unspecified atom stereocenters. The molecule has 2 aromatic carbocycles. The van der Waals surface area contributed by atoms with Crippen molar-refractivity contribution >= 4 is 12.1 Å². The second-order valence-electron chi connectivity index (χ2n) is 6.99. The number of hydrogen-bond donors (Lipinski definition) is 1. The van der Waals surface area contributed by atoms with E-state index in [1.54, 1.807) is 0 Å². The highest BCUT2D eigenvalue weighted by Crippen LogP contribution is 2.17. The van der Waals surface area contributed by atoms with Gasteiger partial charge in [0.05, 0.1) is 5.56 Å². The molecule has 0 saturated carbocycles. The maximum absolute atomic E-state index is 12.5. The van der Waals surface area contributed by atoms with Crippen LogP contribution in [0.5, 0.6) is 0 Å². The third-order valence-electron chi connectivity index (χ3n) is 4.82. The zero-order valence-electron chi connectivity index (χ0n) is 17.3. The Morgan fingerprint density at radius 2 is 1.43 bits per heavy atom. The highest BCUT2D eigenvalue weighted by molar-refractivity contribution is 5.91. The summed E-state index contributed by atoms with van der Waals surface area (Å²) >= 11 is 0. The van der Waals surface area contributed by atoms with Gasteiger partial charge in [-0.25, -0.2) is 9.59 Å². The molecular formula is C24H26N2O4. The monoisotopic (exact) mass is 406 g/mol. The number of amides is 1. The van der Waals surface area contributed by atoms with E-state index >= 15 is 0 Å². The molecule has 156 valence electrons. The van der Waals surface area contributed by atoms with Gasteiger partial charge in [0.1, 0.15) is 13.2 Å². The SMILES string of the molecule is Cc1cc(C(=O)OCc2ccccc2)c(C)n1CCNC(=O)OCc1ccccc1. The van der Waals surface area contributed by atoms with Crippen molar-refractivity contribution in [3.05, 3.63) is 94.8 Å². The van der Waals surface area contributed by atoms with Crippen LogP contribution in [0.2, 0.25) is 0 Å². The maximum Gasteiger partial charge on any atom is 0.407 e. The van der Waals surface area contributed by atoms with E-state index in [1.165, 1.54) is 0 Å². The molecule has 0 bridgehead atoms. The predicted molar refractivity (Wildman–Crippen MR) is 114 cm³/mol. The van der Waals surface area contributed by atoms with Crippen molar-refractivity contribution in [3.8, 4) is 0 Å². The Labute approximate surface area is 176 Å². The van der Waals surface area contributed by atoms with Crippen molar-refractivity contribution in [3.63, 3.8) is 0 Å². The van der Waals surface area contributed by atoms with E-state index in [4.69, 9.17) is 9.47 Å². The first-order valence-electron chi connectivity index (χ1n) is 9.87. The topological polar surface area (TPSA) is 69.6 Å². The number of ether oxygens (including phenoxy) is 2. The molecule has 0 aliphatic heterocycles. The van der Waals surface area contributed by atoms with Gasteiger partial charge in [0.25, 0.3) is 0 Å². The summed E-state index contributed by atoms with van der Waals surface area (Å²) in [5, 5.41) is 2.74. The molecule has 0 spiro atoms. The van der Waals surface area contributed by atoms with Gasteiger partial charge in [-0.2, -0.15) is 0 Å². The van der Waals surface area contributed by atoms with Gasteiger partial charge in [-0.15, -0.1) is 0 Å². The van der Waals surface area contributed by atoms with Crippen LogP contribution in [0.3, 0.4) is 0 Å². The van der Waals surface area contributed by atoms with Gasteiger partial charge in [-0.1, -0.05) is 60.7 Å². The van der Waals surface area contributed by atoms with Gasteiger partial charge >= 0.3 is 12.1 Å². The van der Waals surface area contributed by atoms with E-state index in [9.17, 15) is 9.59 Å². The Balaban J connectivity index is 1.48. The molecular weight excluding hydrogens is 380 g/mol. The number of aryl methyl sites for hydroxylation is 1. The Kier molecular flexibility index (Phi) is 7.27. The summed E-state index contributed by atoms with van der Waals surface area (Å²) in [5.74, 6) is -0.353. The van der Waals surface area contributed by atoms with Gasteiger partial charge in [0, 0.05) is 24.5 Å². The maximum atomic E-state index is 12.5. The fraction of sp³-hybridized carbons (Fsp3) is 0.250. The minimum absolute atomic E-state index is 0.228. The van der Waals surface area contributed by atoms with Crippen LogP contribution in [0.4, 0.5) is 4.79 Å². The molecule has 30 heavy (non-hydrogen) atoms. The number of nitrogens with one attached hydrogen (secondary N) is 1. The lowest BCUT2D eigenvalue weighted by molar-refractivity contribution is 0.0471. The van der Waals surface area contributed by atoms with E-state index in [-0.39, 0.29) is 19.2 Å². The summed E-state index contributed by atoms with van der Waals surface area (Å²) in [6.45, 7) is 5.19. The summed E-state index contributed by atoms with van der Waals surface area (Å²) in [6.07, 6.45) is -0.469. The molecule has 0 saturated heterocycles. The smallest absolute Gasteiger partial charge is 0.407 e. The number of alkyl carbamates (subject to hydrolysis) is 1. The Bertz CT molecular complexity index is 981. The average Bonchev–Trinajstić information content (AvgIpc) is 3.06. The zero-order chi connectivity index (χ0) is 21.3. The summed E-state index contributed by atoms with van der Waals surface area (Å²) in [5.41, 5.74) is 4.15. The Hall–Kier alpha value is -3.54. The first kappa shape index (κ1) is 21.2. The highest BCUT2D eigenvalue weighted by atomic mass is 16.5. The van der Waals surface area contributed by atoms with Crippen LogP contribution in [-0.4, -0.2) is 23.2 Å². The molecule has 1 aromatic heterocycles. The molecule has 1 N–H and O–H groups in total. The number of carbonyl (C=O) groups excluding carboxylic acids is 2. The van der Waals surface area contributed by atoms with Gasteiger partial charge in [0.15, 0.2) is 0 Å². The van der Waals surface area contributed by atoms with Crippen LogP contribution in [0, 0.1) is 13.8 Å². The van der Waals surface area contributed by atoms with Gasteiger partial charge in [-0.3, -0.25) is 0 Å². The van der Waals surface area contributed by atoms with E-state index in [0.29, 0.717) is 18.7 Å². The average molecular weight is 406 g/mol. The van der Waals surface area contributed by atoms with Crippen molar-refractivity contribution in [1.29, 1.82) is 0 Å².